The summed E-state index contributed by atoms with van der Waals surface area (Å²) in [6, 6.07) is 4.44. The molecule has 18 heavy (non-hydrogen) atoms. The van der Waals surface area contributed by atoms with Crippen LogP contribution in [0.3, 0.4) is 0 Å². The van der Waals surface area contributed by atoms with E-state index in [9.17, 15) is 4.39 Å². The third-order valence-corrected chi connectivity index (χ3v) is 3.58. The van der Waals surface area contributed by atoms with Gasteiger partial charge < -0.3 is 10.2 Å². The molecule has 1 aliphatic rings. The van der Waals surface area contributed by atoms with Crippen molar-refractivity contribution in [2.45, 2.75) is 0 Å². The maximum absolute atomic E-state index is 12.9. The molecule has 0 unspecified atom stereocenters. The lowest BCUT2D eigenvalue weighted by molar-refractivity contribution is 0.158. The second-order valence-electron chi connectivity index (χ2n) is 4.70. The second kappa shape index (κ2) is 6.36. The highest BCUT2D eigenvalue weighted by molar-refractivity contribution is 6.33. The lowest BCUT2D eigenvalue weighted by atomic mass is 10.3. The van der Waals surface area contributed by atoms with Gasteiger partial charge in [0.1, 0.15) is 5.82 Å². The van der Waals surface area contributed by atoms with Gasteiger partial charge in [0.05, 0.1) is 10.7 Å². The molecule has 0 bridgehead atoms. The van der Waals surface area contributed by atoms with Gasteiger partial charge in [-0.05, 0) is 25.2 Å². The van der Waals surface area contributed by atoms with E-state index in [1.165, 1.54) is 12.1 Å². The lowest BCUT2D eigenvalue weighted by Gasteiger charge is -2.32. The number of anilines is 1. The minimum absolute atomic E-state index is 0.301. The predicted octanol–water partition coefficient (Wildman–Crippen LogP) is 2.14. The van der Waals surface area contributed by atoms with Crippen molar-refractivity contribution in [2.24, 2.45) is 0 Å². The minimum Gasteiger partial charge on any atom is -0.383 e. The molecule has 0 aliphatic carbocycles. The highest BCUT2D eigenvalue weighted by atomic mass is 35.5. The van der Waals surface area contributed by atoms with E-state index in [0.717, 1.165) is 45.0 Å². The lowest BCUT2D eigenvalue weighted by Crippen LogP contribution is -2.45. The molecule has 1 aromatic rings. The van der Waals surface area contributed by atoms with E-state index in [4.69, 9.17) is 11.6 Å². The summed E-state index contributed by atoms with van der Waals surface area (Å²) < 4.78 is 12.9. The summed E-state index contributed by atoms with van der Waals surface area (Å²) in [5, 5.41) is 3.68. The summed E-state index contributed by atoms with van der Waals surface area (Å²) in [6.45, 7) is 6.27. The maximum atomic E-state index is 12.9. The van der Waals surface area contributed by atoms with Crippen LogP contribution < -0.4 is 5.32 Å². The van der Waals surface area contributed by atoms with Crippen LogP contribution in [0.4, 0.5) is 10.1 Å². The Balaban J connectivity index is 1.75. The highest BCUT2D eigenvalue weighted by Crippen LogP contribution is 2.21. The Morgan fingerprint density at radius 2 is 2.00 bits per heavy atom. The summed E-state index contributed by atoms with van der Waals surface area (Å²) in [4.78, 5) is 4.76. The van der Waals surface area contributed by atoms with Crippen LogP contribution >= 0.6 is 11.6 Å². The molecule has 1 N–H and O–H groups in total. The molecule has 100 valence electrons. The van der Waals surface area contributed by atoms with Gasteiger partial charge in [0.25, 0.3) is 0 Å². The number of piperazine rings is 1. The molecule has 0 radical (unpaired) electrons. The first-order valence-corrected chi connectivity index (χ1v) is 6.63. The van der Waals surface area contributed by atoms with Crippen molar-refractivity contribution >= 4 is 17.3 Å². The van der Waals surface area contributed by atoms with Crippen LogP contribution in [0.15, 0.2) is 18.2 Å². The van der Waals surface area contributed by atoms with Crippen LogP contribution in [-0.2, 0) is 0 Å². The molecule has 2 rings (SSSR count). The molecule has 1 saturated heterocycles. The zero-order valence-electron chi connectivity index (χ0n) is 10.6. The Hall–Kier alpha value is -0.840. The molecule has 0 aromatic heterocycles. The molecular formula is C13H19ClFN3. The fourth-order valence-corrected chi connectivity index (χ4v) is 2.29. The normalized spacial score (nSPS) is 17.9. The van der Waals surface area contributed by atoms with Crippen molar-refractivity contribution in [1.29, 1.82) is 0 Å². The van der Waals surface area contributed by atoms with Gasteiger partial charge in [-0.25, -0.2) is 4.39 Å². The summed E-state index contributed by atoms with van der Waals surface area (Å²) >= 11 is 5.95. The predicted molar refractivity (Wildman–Crippen MR) is 73.8 cm³/mol. The van der Waals surface area contributed by atoms with Crippen LogP contribution in [0.2, 0.25) is 5.02 Å². The van der Waals surface area contributed by atoms with Crippen molar-refractivity contribution in [3.8, 4) is 0 Å². The average Bonchev–Trinajstić information content (AvgIpc) is 2.34. The highest BCUT2D eigenvalue weighted by Gasteiger charge is 2.12. The smallest absolute Gasteiger partial charge is 0.124 e. The number of hydrogen-bond donors (Lipinski definition) is 1. The van der Waals surface area contributed by atoms with Gasteiger partial charge in [0.15, 0.2) is 0 Å². The quantitative estimate of drug-likeness (QED) is 0.905. The van der Waals surface area contributed by atoms with Gasteiger partial charge in [-0.15, -0.1) is 0 Å². The van der Waals surface area contributed by atoms with Gasteiger partial charge >= 0.3 is 0 Å². The summed E-state index contributed by atoms with van der Waals surface area (Å²) in [5.41, 5.74) is 0.798. The number of nitrogens with one attached hydrogen (secondary N) is 1. The van der Waals surface area contributed by atoms with Crippen molar-refractivity contribution < 1.29 is 4.39 Å². The first-order valence-electron chi connectivity index (χ1n) is 6.25. The average molecular weight is 272 g/mol. The Morgan fingerprint density at radius 1 is 1.28 bits per heavy atom. The fraction of sp³-hybridized carbons (Fsp3) is 0.538. The van der Waals surface area contributed by atoms with E-state index in [1.54, 1.807) is 6.07 Å². The first-order chi connectivity index (χ1) is 8.65. The molecule has 0 saturated carbocycles. The molecule has 1 aliphatic heterocycles. The SMILES string of the molecule is CN1CCN(CCNc2ccc(F)cc2Cl)CC1. The molecule has 0 amide bonds. The topological polar surface area (TPSA) is 18.5 Å². The van der Waals surface area contributed by atoms with Crippen molar-refractivity contribution in [3.05, 3.63) is 29.0 Å². The monoisotopic (exact) mass is 271 g/mol. The van der Waals surface area contributed by atoms with Crippen molar-refractivity contribution in [2.75, 3.05) is 51.6 Å². The zero-order chi connectivity index (χ0) is 13.0. The van der Waals surface area contributed by atoms with Crippen molar-refractivity contribution in [1.82, 2.24) is 9.80 Å². The van der Waals surface area contributed by atoms with Gasteiger partial charge in [0.2, 0.25) is 0 Å². The van der Waals surface area contributed by atoms with Crippen LogP contribution in [-0.4, -0.2) is 56.1 Å². The van der Waals surface area contributed by atoms with Crippen molar-refractivity contribution in [3.63, 3.8) is 0 Å². The van der Waals surface area contributed by atoms with E-state index in [1.807, 2.05) is 0 Å². The number of rotatable bonds is 4. The van der Waals surface area contributed by atoms with Crippen LogP contribution in [0.1, 0.15) is 0 Å². The van der Waals surface area contributed by atoms with E-state index >= 15 is 0 Å². The number of likely N-dealkylation sites (N-methyl/N-ethyl adjacent to an activating group) is 1. The Labute approximate surface area is 113 Å². The molecule has 1 fully saturated rings. The number of benzene rings is 1. The summed E-state index contributed by atoms with van der Waals surface area (Å²) in [5.74, 6) is -0.301. The van der Waals surface area contributed by atoms with Crippen LogP contribution in [0.25, 0.3) is 0 Å². The molecule has 0 spiro atoms. The molecule has 0 atom stereocenters. The first kappa shape index (κ1) is 13.6. The number of hydrogen-bond acceptors (Lipinski definition) is 3. The van der Waals surface area contributed by atoms with E-state index in [-0.39, 0.29) is 5.82 Å². The standard InChI is InChI=1S/C13H19ClFN3/c1-17-6-8-18(9-7-17)5-4-16-13-3-2-11(15)10-12(13)14/h2-3,10,16H,4-9H2,1H3. The van der Waals surface area contributed by atoms with Gasteiger partial charge in [-0.1, -0.05) is 11.6 Å². The third-order valence-electron chi connectivity index (χ3n) is 3.27. The van der Waals surface area contributed by atoms with E-state index < -0.39 is 0 Å². The molecular weight excluding hydrogens is 253 g/mol. The minimum atomic E-state index is -0.301. The van der Waals surface area contributed by atoms with Crippen LogP contribution in [0.5, 0.6) is 0 Å². The largest absolute Gasteiger partial charge is 0.383 e. The van der Waals surface area contributed by atoms with Gasteiger partial charge in [0, 0.05) is 39.3 Å². The zero-order valence-corrected chi connectivity index (χ0v) is 11.4. The maximum Gasteiger partial charge on any atom is 0.124 e. The van der Waals surface area contributed by atoms with E-state index in [0.29, 0.717) is 5.02 Å². The van der Waals surface area contributed by atoms with Gasteiger partial charge in [-0.3, -0.25) is 4.90 Å². The van der Waals surface area contributed by atoms with E-state index in [2.05, 4.69) is 22.2 Å². The van der Waals surface area contributed by atoms with Crippen LogP contribution in [0, 0.1) is 5.82 Å². The number of halogens is 2. The molecule has 3 nitrogen and oxygen atoms in total. The molecule has 1 aromatic carbocycles. The Bertz CT molecular complexity index is 392. The Kier molecular flexibility index (Phi) is 4.80. The number of nitrogens with zero attached hydrogens (tertiary/aromatic N) is 2. The molecule has 1 heterocycles. The Morgan fingerprint density at radius 3 is 2.67 bits per heavy atom. The van der Waals surface area contributed by atoms with Gasteiger partial charge in [-0.2, -0.15) is 0 Å². The third kappa shape index (κ3) is 3.83. The molecule has 5 heteroatoms. The summed E-state index contributed by atoms with van der Waals surface area (Å²) in [7, 11) is 2.15. The fourth-order valence-electron chi connectivity index (χ4n) is 2.05. The second-order valence-corrected chi connectivity index (χ2v) is 5.10. The summed E-state index contributed by atoms with van der Waals surface area (Å²) in [6.07, 6.45) is 0.